The molecule has 0 aliphatic carbocycles. The molecule has 2 aromatic carbocycles. The molecule has 30 heavy (non-hydrogen) atoms. The Hall–Kier alpha value is -3.45. The van der Waals surface area contributed by atoms with Gasteiger partial charge in [-0.05, 0) is 47.9 Å². The number of oxazole rings is 1. The predicted octanol–water partition coefficient (Wildman–Crippen LogP) is 3.71. The van der Waals surface area contributed by atoms with E-state index >= 15 is 0 Å². The summed E-state index contributed by atoms with van der Waals surface area (Å²) in [6, 6.07) is 11.2. The minimum Gasteiger partial charge on any atom is -0.496 e. The molecule has 3 rings (SSSR count). The molecule has 0 saturated heterocycles. The molecular formula is C23H24N2O5. The number of methoxy groups -OCH3 is 1. The summed E-state index contributed by atoms with van der Waals surface area (Å²) in [6.07, 6.45) is 3.49. The van der Waals surface area contributed by atoms with E-state index in [1.165, 1.54) is 6.26 Å². The van der Waals surface area contributed by atoms with E-state index in [0.717, 1.165) is 22.3 Å². The van der Waals surface area contributed by atoms with Gasteiger partial charge in [0.2, 0.25) is 5.89 Å². The number of ketones is 1. The number of carboxylic acid groups (broad SMARTS) is 1. The molecule has 0 spiro atoms. The highest BCUT2D eigenvalue weighted by molar-refractivity contribution is 5.78. The molecule has 0 saturated carbocycles. The summed E-state index contributed by atoms with van der Waals surface area (Å²) in [5.41, 5.74) is 4.18. The SMILES string of the molecule is COc1ccc(CC(=O)O)cc1-c1ccc(-c2ncco2)cc1CNCCC(C)=O. The summed E-state index contributed by atoms with van der Waals surface area (Å²) < 4.78 is 10.9. The lowest BCUT2D eigenvalue weighted by Gasteiger charge is -2.16. The number of hydrogen-bond donors (Lipinski definition) is 2. The number of nitrogens with zero attached hydrogens (tertiary/aromatic N) is 1. The minimum atomic E-state index is -0.892. The molecule has 156 valence electrons. The Balaban J connectivity index is 2.01. The summed E-state index contributed by atoms with van der Waals surface area (Å²) in [7, 11) is 1.58. The number of aliphatic carboxylic acids is 1. The van der Waals surface area contributed by atoms with Crippen LogP contribution in [0.2, 0.25) is 0 Å². The topological polar surface area (TPSA) is 102 Å². The van der Waals surface area contributed by atoms with E-state index in [2.05, 4.69) is 10.3 Å². The highest BCUT2D eigenvalue weighted by Gasteiger charge is 2.15. The van der Waals surface area contributed by atoms with Crippen LogP contribution in [0.25, 0.3) is 22.6 Å². The molecule has 0 bridgehead atoms. The number of carboxylic acids is 1. The van der Waals surface area contributed by atoms with E-state index in [-0.39, 0.29) is 12.2 Å². The summed E-state index contributed by atoms with van der Waals surface area (Å²) in [5, 5.41) is 12.4. The van der Waals surface area contributed by atoms with Gasteiger partial charge in [0.05, 0.1) is 19.7 Å². The van der Waals surface area contributed by atoms with Crippen molar-refractivity contribution in [3.63, 3.8) is 0 Å². The van der Waals surface area contributed by atoms with Gasteiger partial charge in [0.15, 0.2) is 0 Å². The van der Waals surface area contributed by atoms with Crippen LogP contribution in [0.15, 0.2) is 53.3 Å². The van der Waals surface area contributed by atoms with Crippen molar-refractivity contribution in [3.8, 4) is 28.3 Å². The quantitative estimate of drug-likeness (QED) is 0.493. The van der Waals surface area contributed by atoms with Crippen LogP contribution in [0.1, 0.15) is 24.5 Å². The maximum atomic E-state index is 11.2. The second-order valence-electron chi connectivity index (χ2n) is 6.94. The summed E-state index contributed by atoms with van der Waals surface area (Å²) in [5.74, 6) is 0.395. The van der Waals surface area contributed by atoms with Gasteiger partial charge in [-0.2, -0.15) is 0 Å². The van der Waals surface area contributed by atoms with Crippen molar-refractivity contribution in [1.82, 2.24) is 10.3 Å². The number of ether oxygens (including phenoxy) is 1. The van der Waals surface area contributed by atoms with Gasteiger partial charge >= 0.3 is 5.97 Å². The van der Waals surface area contributed by atoms with Crippen LogP contribution in [0.3, 0.4) is 0 Å². The van der Waals surface area contributed by atoms with Crippen LogP contribution in [0.5, 0.6) is 5.75 Å². The van der Waals surface area contributed by atoms with Gasteiger partial charge in [0, 0.05) is 30.6 Å². The van der Waals surface area contributed by atoms with Gasteiger partial charge in [-0.3, -0.25) is 9.59 Å². The fourth-order valence-corrected chi connectivity index (χ4v) is 3.24. The van der Waals surface area contributed by atoms with Crippen molar-refractivity contribution < 1.29 is 23.8 Å². The van der Waals surface area contributed by atoms with Gasteiger partial charge < -0.3 is 19.6 Å². The molecule has 0 radical (unpaired) electrons. The number of carbonyl (C=O) groups excluding carboxylic acids is 1. The Labute approximate surface area is 174 Å². The molecule has 0 amide bonds. The lowest BCUT2D eigenvalue weighted by Crippen LogP contribution is -2.17. The zero-order valence-electron chi connectivity index (χ0n) is 17.0. The lowest BCUT2D eigenvalue weighted by molar-refractivity contribution is -0.136. The third-order valence-corrected chi connectivity index (χ3v) is 4.66. The first-order chi connectivity index (χ1) is 14.5. The number of hydrogen-bond acceptors (Lipinski definition) is 6. The molecular weight excluding hydrogens is 384 g/mol. The average Bonchev–Trinajstić information content (AvgIpc) is 3.25. The monoisotopic (exact) mass is 408 g/mol. The molecule has 7 heteroatoms. The molecule has 0 fully saturated rings. The fraction of sp³-hybridized carbons (Fsp3) is 0.261. The lowest BCUT2D eigenvalue weighted by atomic mass is 9.94. The number of nitrogens with one attached hydrogen (secondary N) is 1. The third-order valence-electron chi connectivity index (χ3n) is 4.66. The van der Waals surface area contributed by atoms with Gasteiger partial charge in [0.1, 0.15) is 17.8 Å². The van der Waals surface area contributed by atoms with Crippen molar-refractivity contribution in [2.45, 2.75) is 26.3 Å². The maximum Gasteiger partial charge on any atom is 0.307 e. The standard InChI is InChI=1S/C23H24N2O5/c1-15(26)7-8-24-14-18-13-17(23-25-9-10-30-23)4-5-19(18)20-11-16(12-22(27)28)3-6-21(20)29-2/h3-6,9-11,13,24H,7-8,12,14H2,1-2H3,(H,27,28). The zero-order valence-corrected chi connectivity index (χ0v) is 17.0. The molecule has 1 aromatic heterocycles. The number of Topliss-reactive ketones (excluding diaryl/α,β-unsaturated/α-hetero) is 1. The van der Waals surface area contributed by atoms with Crippen molar-refractivity contribution in [2.75, 3.05) is 13.7 Å². The van der Waals surface area contributed by atoms with E-state index < -0.39 is 5.97 Å². The van der Waals surface area contributed by atoms with E-state index in [4.69, 9.17) is 14.3 Å². The molecule has 1 heterocycles. The van der Waals surface area contributed by atoms with Gasteiger partial charge in [-0.25, -0.2) is 4.98 Å². The molecule has 0 unspecified atom stereocenters. The first-order valence-corrected chi connectivity index (χ1v) is 9.60. The van der Waals surface area contributed by atoms with Crippen molar-refractivity contribution in [1.29, 1.82) is 0 Å². The predicted molar refractivity (Wildman–Crippen MR) is 112 cm³/mol. The van der Waals surface area contributed by atoms with Crippen molar-refractivity contribution in [3.05, 3.63) is 60.0 Å². The summed E-state index contributed by atoms with van der Waals surface area (Å²) in [6.45, 7) is 2.65. The number of benzene rings is 2. The Bertz CT molecular complexity index is 1030. The first kappa shape index (κ1) is 21.3. The van der Waals surface area contributed by atoms with Crippen LogP contribution in [-0.4, -0.2) is 35.5 Å². The number of carbonyl (C=O) groups is 2. The summed E-state index contributed by atoms with van der Waals surface area (Å²) in [4.78, 5) is 26.6. The highest BCUT2D eigenvalue weighted by atomic mass is 16.5. The largest absolute Gasteiger partial charge is 0.496 e. The first-order valence-electron chi connectivity index (χ1n) is 9.60. The van der Waals surface area contributed by atoms with Gasteiger partial charge in [-0.1, -0.05) is 12.1 Å². The number of rotatable bonds is 10. The van der Waals surface area contributed by atoms with E-state index in [9.17, 15) is 9.59 Å². The maximum absolute atomic E-state index is 11.2. The second kappa shape index (κ2) is 9.84. The smallest absolute Gasteiger partial charge is 0.307 e. The van der Waals surface area contributed by atoms with Crippen LogP contribution in [-0.2, 0) is 22.6 Å². The Kier molecular flexibility index (Phi) is 6.98. The number of aromatic nitrogens is 1. The van der Waals surface area contributed by atoms with E-state index in [1.54, 1.807) is 32.4 Å². The summed E-state index contributed by atoms with van der Waals surface area (Å²) >= 11 is 0. The van der Waals surface area contributed by atoms with Crippen molar-refractivity contribution >= 4 is 11.8 Å². The Morgan fingerprint density at radius 2 is 2.00 bits per heavy atom. The Morgan fingerprint density at radius 1 is 1.17 bits per heavy atom. The van der Waals surface area contributed by atoms with Crippen LogP contribution >= 0.6 is 0 Å². The third kappa shape index (κ3) is 5.33. The fourth-order valence-electron chi connectivity index (χ4n) is 3.24. The zero-order chi connectivity index (χ0) is 21.5. The molecule has 2 N–H and O–H groups in total. The van der Waals surface area contributed by atoms with E-state index in [1.807, 2.05) is 24.3 Å². The van der Waals surface area contributed by atoms with Crippen LogP contribution in [0.4, 0.5) is 0 Å². The van der Waals surface area contributed by atoms with Crippen molar-refractivity contribution in [2.24, 2.45) is 0 Å². The van der Waals surface area contributed by atoms with Gasteiger partial charge in [-0.15, -0.1) is 0 Å². The highest BCUT2D eigenvalue weighted by Crippen LogP contribution is 2.35. The molecule has 7 nitrogen and oxygen atoms in total. The van der Waals surface area contributed by atoms with E-state index in [0.29, 0.717) is 36.7 Å². The van der Waals surface area contributed by atoms with Crippen LogP contribution < -0.4 is 10.1 Å². The average molecular weight is 408 g/mol. The van der Waals surface area contributed by atoms with Crippen LogP contribution in [0, 0.1) is 0 Å². The molecule has 0 aliphatic heterocycles. The molecule has 3 aromatic rings. The van der Waals surface area contributed by atoms with Gasteiger partial charge in [0.25, 0.3) is 0 Å². The molecule has 0 atom stereocenters. The normalized spacial score (nSPS) is 10.7. The second-order valence-corrected chi connectivity index (χ2v) is 6.94. The Morgan fingerprint density at radius 3 is 2.67 bits per heavy atom. The minimum absolute atomic E-state index is 0.0718. The molecule has 0 aliphatic rings.